The molecule has 6 nitrogen and oxygen atoms in total. The maximum Gasteiger partial charge on any atom is 0.328 e. The Morgan fingerprint density at radius 1 is 1.17 bits per heavy atom. The van der Waals surface area contributed by atoms with Crippen LogP contribution >= 0.6 is 0 Å². The van der Waals surface area contributed by atoms with Crippen LogP contribution in [-0.4, -0.2) is 29.1 Å². The van der Waals surface area contributed by atoms with Gasteiger partial charge in [-0.1, -0.05) is 20.3 Å². The highest BCUT2D eigenvalue weighted by atomic mass is 16.3. The lowest BCUT2D eigenvalue weighted by Crippen LogP contribution is -2.65. The summed E-state index contributed by atoms with van der Waals surface area (Å²) in [5, 5.41) is 13.8. The standard InChI is InChI=1S/C12H20N2O4/c1-4-5-7(2)12(6-8(3)15)9(16)13-11(18)14-10(12)17/h7-8,15H,4-6H2,1-3H3,(H2,13,14,16,17,18)/t7-,8-/m1/s1. The zero-order chi connectivity index (χ0) is 13.9. The molecule has 1 heterocycles. The number of hydrogen-bond donors (Lipinski definition) is 3. The Morgan fingerprint density at radius 2 is 1.67 bits per heavy atom. The van der Waals surface area contributed by atoms with E-state index in [2.05, 4.69) is 10.6 Å². The second kappa shape index (κ2) is 5.48. The number of hydrogen-bond acceptors (Lipinski definition) is 4. The van der Waals surface area contributed by atoms with Gasteiger partial charge in [-0.05, 0) is 25.7 Å². The molecule has 1 aliphatic rings. The number of nitrogens with one attached hydrogen (secondary N) is 2. The van der Waals surface area contributed by atoms with Crippen LogP contribution in [0.1, 0.15) is 40.0 Å². The van der Waals surface area contributed by atoms with Crippen LogP contribution in [0.2, 0.25) is 0 Å². The summed E-state index contributed by atoms with van der Waals surface area (Å²) in [6, 6.07) is -0.796. The molecule has 4 amide bonds. The molecule has 18 heavy (non-hydrogen) atoms. The number of aliphatic hydroxyl groups excluding tert-OH is 1. The van der Waals surface area contributed by atoms with Crippen LogP contribution in [0.15, 0.2) is 0 Å². The Labute approximate surface area is 106 Å². The summed E-state index contributed by atoms with van der Waals surface area (Å²) in [5.41, 5.74) is -1.36. The Kier molecular flexibility index (Phi) is 4.45. The van der Waals surface area contributed by atoms with E-state index in [1.807, 2.05) is 6.92 Å². The summed E-state index contributed by atoms with van der Waals surface area (Å²) < 4.78 is 0. The van der Waals surface area contributed by atoms with Crippen LogP contribution in [0.4, 0.5) is 4.79 Å². The molecule has 0 aromatic rings. The van der Waals surface area contributed by atoms with Crippen molar-refractivity contribution in [3.63, 3.8) is 0 Å². The minimum absolute atomic E-state index is 0.0130. The molecule has 3 N–H and O–H groups in total. The lowest BCUT2D eigenvalue weighted by molar-refractivity contribution is -0.151. The smallest absolute Gasteiger partial charge is 0.328 e. The summed E-state index contributed by atoms with van der Waals surface area (Å²) in [6.07, 6.45) is 0.701. The van der Waals surface area contributed by atoms with Crippen LogP contribution in [0, 0.1) is 11.3 Å². The molecule has 1 aliphatic heterocycles. The first-order valence-corrected chi connectivity index (χ1v) is 6.19. The van der Waals surface area contributed by atoms with Crippen LogP contribution in [0.5, 0.6) is 0 Å². The van der Waals surface area contributed by atoms with E-state index in [9.17, 15) is 19.5 Å². The van der Waals surface area contributed by atoms with Gasteiger partial charge in [-0.3, -0.25) is 20.2 Å². The van der Waals surface area contributed by atoms with E-state index in [-0.39, 0.29) is 12.3 Å². The number of rotatable bonds is 5. The van der Waals surface area contributed by atoms with Gasteiger partial charge in [0.15, 0.2) is 0 Å². The summed E-state index contributed by atoms with van der Waals surface area (Å²) in [7, 11) is 0. The number of urea groups is 1. The molecule has 0 aliphatic carbocycles. The Morgan fingerprint density at radius 3 is 2.06 bits per heavy atom. The van der Waals surface area contributed by atoms with Gasteiger partial charge >= 0.3 is 6.03 Å². The lowest BCUT2D eigenvalue weighted by atomic mass is 9.68. The molecule has 2 atom stereocenters. The molecule has 1 saturated heterocycles. The van der Waals surface area contributed by atoms with Crippen molar-refractivity contribution in [2.24, 2.45) is 11.3 Å². The van der Waals surface area contributed by atoms with Gasteiger partial charge in [0.2, 0.25) is 11.8 Å². The third-order valence-electron chi connectivity index (χ3n) is 3.44. The van der Waals surface area contributed by atoms with Gasteiger partial charge in [-0.25, -0.2) is 4.79 Å². The molecule has 0 unspecified atom stereocenters. The zero-order valence-corrected chi connectivity index (χ0v) is 10.9. The molecular weight excluding hydrogens is 236 g/mol. The highest BCUT2D eigenvalue weighted by Crippen LogP contribution is 2.38. The number of imide groups is 2. The minimum Gasteiger partial charge on any atom is -0.393 e. The Balaban J connectivity index is 3.13. The first-order valence-electron chi connectivity index (χ1n) is 6.19. The first-order chi connectivity index (χ1) is 8.34. The summed E-state index contributed by atoms with van der Waals surface area (Å²) in [5.74, 6) is -1.47. The largest absolute Gasteiger partial charge is 0.393 e. The minimum atomic E-state index is -1.36. The molecule has 102 valence electrons. The SMILES string of the molecule is CCC[C@@H](C)C1(C[C@@H](C)O)C(=O)NC(=O)NC1=O. The van der Waals surface area contributed by atoms with Gasteiger partial charge in [0.1, 0.15) is 5.41 Å². The third kappa shape index (κ3) is 2.53. The summed E-state index contributed by atoms with van der Waals surface area (Å²) >= 11 is 0. The van der Waals surface area contributed by atoms with E-state index in [1.165, 1.54) is 6.92 Å². The fourth-order valence-electron chi connectivity index (χ4n) is 2.54. The van der Waals surface area contributed by atoms with E-state index in [0.717, 1.165) is 6.42 Å². The second-order valence-corrected chi connectivity index (χ2v) is 4.95. The number of barbiturate groups is 1. The zero-order valence-electron chi connectivity index (χ0n) is 10.9. The number of carbonyl (C=O) groups is 3. The fourth-order valence-corrected chi connectivity index (χ4v) is 2.54. The van der Waals surface area contributed by atoms with Gasteiger partial charge in [0.25, 0.3) is 0 Å². The van der Waals surface area contributed by atoms with Crippen LogP contribution < -0.4 is 10.6 Å². The van der Waals surface area contributed by atoms with E-state index >= 15 is 0 Å². The van der Waals surface area contributed by atoms with Crippen molar-refractivity contribution in [2.75, 3.05) is 0 Å². The van der Waals surface area contributed by atoms with Crippen molar-refractivity contribution in [1.82, 2.24) is 10.6 Å². The van der Waals surface area contributed by atoms with Crippen molar-refractivity contribution < 1.29 is 19.5 Å². The molecule has 1 fully saturated rings. The average molecular weight is 256 g/mol. The fraction of sp³-hybridized carbons (Fsp3) is 0.750. The lowest BCUT2D eigenvalue weighted by Gasteiger charge is -2.39. The van der Waals surface area contributed by atoms with Crippen molar-refractivity contribution >= 4 is 17.8 Å². The van der Waals surface area contributed by atoms with Gasteiger partial charge in [0, 0.05) is 0 Å². The molecule has 0 aromatic carbocycles. The molecule has 0 bridgehead atoms. The highest BCUT2D eigenvalue weighted by Gasteiger charge is 2.53. The van der Waals surface area contributed by atoms with E-state index in [4.69, 9.17) is 0 Å². The van der Waals surface area contributed by atoms with Crippen molar-refractivity contribution in [2.45, 2.75) is 46.1 Å². The summed E-state index contributed by atoms with van der Waals surface area (Å²) in [6.45, 7) is 5.27. The quantitative estimate of drug-likeness (QED) is 0.626. The van der Waals surface area contributed by atoms with E-state index in [1.54, 1.807) is 6.92 Å². The van der Waals surface area contributed by atoms with Crippen molar-refractivity contribution in [3.05, 3.63) is 0 Å². The normalized spacial score (nSPS) is 22.1. The summed E-state index contributed by atoms with van der Waals surface area (Å²) in [4.78, 5) is 35.3. The van der Waals surface area contributed by atoms with E-state index in [0.29, 0.717) is 6.42 Å². The highest BCUT2D eigenvalue weighted by molar-refractivity contribution is 6.19. The van der Waals surface area contributed by atoms with E-state index < -0.39 is 29.4 Å². The van der Waals surface area contributed by atoms with Gasteiger partial charge in [0.05, 0.1) is 6.10 Å². The second-order valence-electron chi connectivity index (χ2n) is 4.95. The number of amides is 4. The maximum absolute atomic E-state index is 12.1. The molecule has 0 aromatic heterocycles. The van der Waals surface area contributed by atoms with Crippen LogP contribution in [0.25, 0.3) is 0 Å². The van der Waals surface area contributed by atoms with Gasteiger partial charge < -0.3 is 5.11 Å². The molecule has 0 radical (unpaired) electrons. The topological polar surface area (TPSA) is 95.5 Å². The predicted octanol–water partition coefficient (Wildman–Crippen LogP) is 0.546. The average Bonchev–Trinajstić information content (AvgIpc) is 2.23. The van der Waals surface area contributed by atoms with Crippen LogP contribution in [-0.2, 0) is 9.59 Å². The maximum atomic E-state index is 12.1. The number of carbonyl (C=O) groups excluding carboxylic acids is 3. The third-order valence-corrected chi connectivity index (χ3v) is 3.44. The monoisotopic (exact) mass is 256 g/mol. The number of aliphatic hydroxyl groups is 1. The first kappa shape index (κ1) is 14.6. The predicted molar refractivity (Wildman–Crippen MR) is 64.5 cm³/mol. The van der Waals surface area contributed by atoms with Crippen molar-refractivity contribution in [3.8, 4) is 0 Å². The molecule has 0 saturated carbocycles. The Hall–Kier alpha value is -1.43. The van der Waals surface area contributed by atoms with Crippen molar-refractivity contribution in [1.29, 1.82) is 0 Å². The molecular formula is C12H20N2O4. The van der Waals surface area contributed by atoms with Gasteiger partial charge in [-0.15, -0.1) is 0 Å². The van der Waals surface area contributed by atoms with Gasteiger partial charge in [-0.2, -0.15) is 0 Å². The molecule has 1 rings (SSSR count). The van der Waals surface area contributed by atoms with Crippen LogP contribution in [0.3, 0.4) is 0 Å². The molecule has 0 spiro atoms. The molecule has 6 heteroatoms. The Bertz CT molecular complexity index is 345.